The fourth-order valence-corrected chi connectivity index (χ4v) is 8.34. The number of aryl methyl sites for hydroxylation is 1. The number of phenols is 1. The van der Waals surface area contributed by atoms with Crippen LogP contribution in [0.3, 0.4) is 0 Å². The van der Waals surface area contributed by atoms with Crippen molar-refractivity contribution in [1.29, 1.82) is 0 Å². The average Bonchev–Trinajstić information content (AvgIpc) is 3.16. The van der Waals surface area contributed by atoms with Crippen LogP contribution >= 0.6 is 11.6 Å². The lowest BCUT2D eigenvalue weighted by Crippen LogP contribution is -2.58. The summed E-state index contributed by atoms with van der Waals surface area (Å²) in [6.45, 7) is 5.84. The van der Waals surface area contributed by atoms with Crippen molar-refractivity contribution < 1.29 is 50.0 Å². The number of halogens is 1. The van der Waals surface area contributed by atoms with Crippen LogP contribution in [0.15, 0.2) is 6.07 Å². The predicted octanol–water partition coefficient (Wildman–Crippen LogP) is 8.07. The van der Waals surface area contributed by atoms with E-state index in [1.54, 1.807) is 13.0 Å². The second kappa shape index (κ2) is 26.7. The molecule has 10 nitrogen and oxygen atoms in total. The number of benzene rings is 1. The van der Waals surface area contributed by atoms with Gasteiger partial charge in [0.25, 0.3) is 0 Å². The Labute approximate surface area is 336 Å². The number of ether oxygens (including phenoxy) is 3. The van der Waals surface area contributed by atoms with E-state index in [4.69, 9.17) is 25.8 Å². The van der Waals surface area contributed by atoms with Crippen LogP contribution < -0.4 is 4.74 Å². The van der Waals surface area contributed by atoms with E-state index in [9.17, 15) is 35.7 Å². The van der Waals surface area contributed by atoms with E-state index in [0.717, 1.165) is 64.2 Å². The second-order valence-electron chi connectivity index (χ2n) is 16.4. The molecule has 2 heterocycles. The van der Waals surface area contributed by atoms with Gasteiger partial charge in [-0.2, -0.15) is 0 Å². The molecule has 320 valence electrons. The summed E-state index contributed by atoms with van der Waals surface area (Å²) in [5.41, 5.74) is 1.46. The van der Waals surface area contributed by atoms with Gasteiger partial charge < -0.3 is 50.0 Å². The fourth-order valence-electron chi connectivity index (χ4n) is 8.04. The van der Waals surface area contributed by atoms with Crippen molar-refractivity contribution in [3.05, 3.63) is 22.8 Å². The van der Waals surface area contributed by atoms with Crippen LogP contribution in [0.2, 0.25) is 0 Å². The Morgan fingerprint density at radius 1 is 0.655 bits per heavy atom. The third kappa shape index (κ3) is 15.8. The van der Waals surface area contributed by atoms with Gasteiger partial charge in [-0.3, -0.25) is 0 Å². The third-order valence-electron chi connectivity index (χ3n) is 11.7. The Bertz CT molecular complexity index is 1170. The van der Waals surface area contributed by atoms with E-state index in [0.29, 0.717) is 29.5 Å². The minimum atomic E-state index is -1.54. The molecule has 0 spiro atoms. The molecule has 7 N–H and O–H groups in total. The minimum absolute atomic E-state index is 0.120. The lowest BCUT2D eigenvalue weighted by molar-refractivity contribution is -0.268. The molecule has 10 atom stereocenters. The average molecular weight is 802 g/mol. The Morgan fingerprint density at radius 3 is 1.75 bits per heavy atom. The quantitative estimate of drug-likeness (QED) is 0.0325. The zero-order chi connectivity index (χ0) is 40.2. The van der Waals surface area contributed by atoms with Crippen LogP contribution in [0.4, 0.5) is 0 Å². The molecule has 3 rings (SSSR count). The summed E-state index contributed by atoms with van der Waals surface area (Å²) >= 11 is 6.70. The van der Waals surface area contributed by atoms with Crippen molar-refractivity contribution in [1.82, 2.24) is 0 Å². The normalized spacial score (nSPS) is 27.7. The molecule has 11 heteroatoms. The van der Waals surface area contributed by atoms with Gasteiger partial charge >= 0.3 is 0 Å². The number of hydrogen-bond donors (Lipinski definition) is 7. The second-order valence-corrected chi connectivity index (χ2v) is 17.0. The maximum atomic E-state index is 12.1. The molecule has 2 aliphatic heterocycles. The van der Waals surface area contributed by atoms with Crippen molar-refractivity contribution >= 4 is 11.6 Å². The van der Waals surface area contributed by atoms with Gasteiger partial charge in [-0.25, -0.2) is 0 Å². The van der Waals surface area contributed by atoms with E-state index in [1.165, 1.54) is 77.0 Å². The number of alkyl halides is 1. The summed E-state index contributed by atoms with van der Waals surface area (Å²) in [7, 11) is 0. The van der Waals surface area contributed by atoms with E-state index in [-0.39, 0.29) is 23.5 Å². The SMILES string of the molecule is CCCCCCCCCCCCc1c(O[C@@H]2O[C@@H](C)[C@H](O)[C@@H](O)[C@H]2O)cc(CCCCC[C@H](Cl)CCCCCCCCC)c([C@@H]2OC[C@@H](O)[C@H](O)[C@H]2O)c1O. The summed E-state index contributed by atoms with van der Waals surface area (Å²) in [4.78, 5) is 0. The number of unbranched alkanes of at least 4 members (excludes halogenated alkanes) is 17. The Hall–Kier alpha value is -1.21. The molecule has 0 bridgehead atoms. The highest BCUT2D eigenvalue weighted by Gasteiger charge is 2.44. The fraction of sp³-hybridized carbons (Fsp3) is 0.864. The molecule has 0 amide bonds. The van der Waals surface area contributed by atoms with Crippen molar-refractivity contribution in [2.45, 2.75) is 235 Å². The van der Waals surface area contributed by atoms with Crippen LogP contribution in [0.1, 0.15) is 185 Å². The summed E-state index contributed by atoms with van der Waals surface area (Å²) in [6.07, 6.45) is 13.9. The van der Waals surface area contributed by atoms with Crippen molar-refractivity contribution in [2.75, 3.05) is 6.61 Å². The van der Waals surface area contributed by atoms with Crippen molar-refractivity contribution in [2.24, 2.45) is 0 Å². The molecule has 0 radical (unpaired) electrons. The molecule has 0 aromatic heterocycles. The lowest BCUT2D eigenvalue weighted by atomic mass is 9.86. The van der Waals surface area contributed by atoms with Gasteiger partial charge in [0.05, 0.1) is 12.7 Å². The molecule has 0 saturated carbocycles. The topological polar surface area (TPSA) is 169 Å². The van der Waals surface area contributed by atoms with E-state index in [1.807, 2.05) is 0 Å². The first kappa shape index (κ1) is 48.2. The number of aliphatic hydroxyl groups is 6. The zero-order valence-corrected chi connectivity index (χ0v) is 35.0. The van der Waals surface area contributed by atoms with Crippen molar-refractivity contribution in [3.8, 4) is 11.5 Å². The van der Waals surface area contributed by atoms with Crippen molar-refractivity contribution in [3.63, 3.8) is 0 Å². The van der Waals surface area contributed by atoms with Crippen LogP contribution in [-0.4, -0.2) is 96.7 Å². The first-order valence-electron chi connectivity index (χ1n) is 22.0. The third-order valence-corrected chi connectivity index (χ3v) is 12.1. The van der Waals surface area contributed by atoms with Crippen LogP contribution in [0.25, 0.3) is 0 Å². The highest BCUT2D eigenvalue weighted by molar-refractivity contribution is 6.20. The molecular weight excluding hydrogens is 724 g/mol. The number of phenolic OH excluding ortho intramolecular Hbond substituents is 1. The van der Waals surface area contributed by atoms with Gasteiger partial charge in [-0.1, -0.05) is 129 Å². The minimum Gasteiger partial charge on any atom is -0.507 e. The first-order valence-corrected chi connectivity index (χ1v) is 22.5. The van der Waals surface area contributed by atoms with E-state index in [2.05, 4.69) is 13.8 Å². The van der Waals surface area contributed by atoms with Gasteiger partial charge in [-0.15, -0.1) is 11.6 Å². The highest BCUT2D eigenvalue weighted by atomic mass is 35.5. The van der Waals surface area contributed by atoms with Crippen LogP contribution in [-0.2, 0) is 22.3 Å². The van der Waals surface area contributed by atoms with Gasteiger partial charge in [0.1, 0.15) is 54.2 Å². The molecule has 2 saturated heterocycles. The standard InChI is InChI=1S/C44H77ClO10/c1-4-6-8-10-12-13-14-16-18-23-27-33-35(55-44-42(52)40(50)37(47)30(3)54-44)28-31(36(38(33)48)43-41(51)39(49)34(46)29-53-43)24-20-19-22-26-32(45)25-21-17-15-11-9-7-5-2/h28,30,32,34,37,39-44,46-52H,4-27,29H2,1-3H3/t30-,32+,34+,37-,39-,40+,41+,42+,43-,44-/m0/s1. The molecule has 1 aromatic carbocycles. The number of rotatable bonds is 28. The molecular formula is C44H77ClO10. The highest BCUT2D eigenvalue weighted by Crippen LogP contribution is 2.44. The van der Waals surface area contributed by atoms with E-state index >= 15 is 0 Å². The number of hydrogen-bond acceptors (Lipinski definition) is 10. The zero-order valence-electron chi connectivity index (χ0n) is 34.3. The van der Waals surface area contributed by atoms with E-state index < -0.39 is 55.1 Å². The van der Waals surface area contributed by atoms with Gasteiger partial charge in [0, 0.05) is 16.5 Å². The summed E-state index contributed by atoms with van der Waals surface area (Å²) in [5.74, 6) is 0.166. The Kier molecular flexibility index (Phi) is 23.4. The molecule has 2 fully saturated rings. The Balaban J connectivity index is 1.77. The monoisotopic (exact) mass is 801 g/mol. The molecule has 1 aromatic rings. The van der Waals surface area contributed by atoms with Crippen LogP contribution in [0.5, 0.6) is 11.5 Å². The summed E-state index contributed by atoms with van der Waals surface area (Å²) < 4.78 is 18.0. The lowest BCUT2D eigenvalue weighted by Gasteiger charge is -2.39. The van der Waals surface area contributed by atoms with Gasteiger partial charge in [0.2, 0.25) is 6.29 Å². The molecule has 55 heavy (non-hydrogen) atoms. The molecule has 2 aliphatic rings. The summed E-state index contributed by atoms with van der Waals surface area (Å²) in [5, 5.41) is 75.9. The maximum absolute atomic E-state index is 12.1. The predicted molar refractivity (Wildman–Crippen MR) is 218 cm³/mol. The number of aliphatic hydroxyl groups excluding tert-OH is 6. The summed E-state index contributed by atoms with van der Waals surface area (Å²) in [6, 6.07) is 1.79. The smallest absolute Gasteiger partial charge is 0.229 e. The largest absolute Gasteiger partial charge is 0.507 e. The maximum Gasteiger partial charge on any atom is 0.229 e. The molecule has 0 unspecified atom stereocenters. The van der Waals surface area contributed by atoms with Gasteiger partial charge in [0.15, 0.2) is 0 Å². The first-order chi connectivity index (χ1) is 26.5. The molecule has 0 aliphatic carbocycles. The number of aromatic hydroxyl groups is 1. The van der Waals surface area contributed by atoms with Gasteiger partial charge in [-0.05, 0) is 57.1 Å². The van der Waals surface area contributed by atoms with Crippen LogP contribution in [0, 0.1) is 0 Å². The Morgan fingerprint density at radius 2 is 1.16 bits per heavy atom.